The molecule has 0 radical (unpaired) electrons. The van der Waals surface area contributed by atoms with Crippen molar-refractivity contribution in [2.75, 3.05) is 13.1 Å². The van der Waals surface area contributed by atoms with Gasteiger partial charge < -0.3 is 49.1 Å². The van der Waals surface area contributed by atoms with Gasteiger partial charge in [0, 0.05) is 13.0 Å². The fraction of sp³-hybridized carbons (Fsp3) is 0.700. The van der Waals surface area contributed by atoms with Gasteiger partial charge in [0.1, 0.15) is 18.1 Å². The van der Waals surface area contributed by atoms with E-state index in [9.17, 15) is 29.1 Å². The molecule has 0 spiro atoms. The normalized spacial score (nSPS) is 14.0. The van der Waals surface area contributed by atoms with Gasteiger partial charge in [-0.05, 0) is 52.0 Å². The molecule has 13 N–H and O–H groups in total. The van der Waals surface area contributed by atoms with Crippen molar-refractivity contribution in [3.8, 4) is 0 Å². The Bertz CT molecular complexity index is 756. The van der Waals surface area contributed by atoms with Crippen LogP contribution in [0.1, 0.15) is 51.9 Å². The number of unbranched alkanes of at least 4 members (excludes halogenated alkanes) is 1. The monoisotopic (exact) mass is 502 g/mol. The minimum Gasteiger partial charge on any atom is -0.481 e. The van der Waals surface area contributed by atoms with Crippen molar-refractivity contribution in [2.24, 2.45) is 27.9 Å². The highest BCUT2D eigenvalue weighted by atomic mass is 16.4. The standard InChI is InChI=1S/C20H38N8O7/c1-11(22)16(31)26-12(5-2-3-9-21)17(32)27-13(6-4-10-25-20(23)24)18(33)28-14(19(34)35)7-8-15(29)30/h11-14H,2-10,21-22H2,1H3,(H,26,31)(H,27,32)(H,28,33)(H,29,30)(H,34,35)(H4,23,24,25). The first-order valence-electron chi connectivity index (χ1n) is 11.3. The van der Waals surface area contributed by atoms with Gasteiger partial charge in [0.15, 0.2) is 5.96 Å². The highest BCUT2D eigenvalue weighted by molar-refractivity contribution is 5.94. The van der Waals surface area contributed by atoms with Gasteiger partial charge in [-0.15, -0.1) is 0 Å². The summed E-state index contributed by atoms with van der Waals surface area (Å²) in [7, 11) is 0. The Morgan fingerprint density at radius 3 is 1.77 bits per heavy atom. The Balaban J connectivity index is 5.55. The lowest BCUT2D eigenvalue weighted by Crippen LogP contribution is -2.56. The number of nitrogens with two attached hydrogens (primary N) is 4. The molecular weight excluding hydrogens is 464 g/mol. The molecule has 0 aromatic heterocycles. The van der Waals surface area contributed by atoms with E-state index in [0.717, 1.165) is 0 Å². The highest BCUT2D eigenvalue weighted by Gasteiger charge is 2.29. The van der Waals surface area contributed by atoms with Crippen molar-refractivity contribution in [3.63, 3.8) is 0 Å². The van der Waals surface area contributed by atoms with Crippen molar-refractivity contribution in [1.29, 1.82) is 0 Å². The maximum absolute atomic E-state index is 12.9. The summed E-state index contributed by atoms with van der Waals surface area (Å²) in [5.41, 5.74) is 21.6. The highest BCUT2D eigenvalue weighted by Crippen LogP contribution is 2.06. The van der Waals surface area contributed by atoms with Crippen LogP contribution in [0, 0.1) is 0 Å². The lowest BCUT2D eigenvalue weighted by Gasteiger charge is -2.25. The second kappa shape index (κ2) is 17.0. The third-order valence-electron chi connectivity index (χ3n) is 4.83. The fourth-order valence-corrected chi connectivity index (χ4v) is 2.91. The number of guanidine groups is 1. The second-order valence-corrected chi connectivity index (χ2v) is 7.98. The number of hydrogen-bond donors (Lipinski definition) is 9. The first kappa shape index (κ1) is 31.5. The van der Waals surface area contributed by atoms with E-state index in [0.29, 0.717) is 19.4 Å². The Hall–Kier alpha value is -3.46. The molecule has 0 fully saturated rings. The summed E-state index contributed by atoms with van der Waals surface area (Å²) in [5.74, 6) is -4.87. The number of hydrogen-bond acceptors (Lipinski definition) is 8. The minimum atomic E-state index is -1.48. The maximum atomic E-state index is 12.9. The van der Waals surface area contributed by atoms with E-state index in [1.165, 1.54) is 6.92 Å². The number of aliphatic imine (C=N–C) groups is 1. The van der Waals surface area contributed by atoms with E-state index in [1.807, 2.05) is 0 Å². The van der Waals surface area contributed by atoms with E-state index >= 15 is 0 Å². The van der Waals surface area contributed by atoms with E-state index in [4.69, 9.17) is 28.0 Å². The molecule has 0 aliphatic carbocycles. The first-order valence-corrected chi connectivity index (χ1v) is 11.3. The molecule has 0 heterocycles. The van der Waals surface area contributed by atoms with Gasteiger partial charge >= 0.3 is 11.9 Å². The Morgan fingerprint density at radius 2 is 1.31 bits per heavy atom. The largest absolute Gasteiger partial charge is 0.481 e. The molecule has 15 heteroatoms. The zero-order valence-corrected chi connectivity index (χ0v) is 19.9. The van der Waals surface area contributed by atoms with Gasteiger partial charge in [0.25, 0.3) is 0 Å². The van der Waals surface area contributed by atoms with Crippen LogP contribution in [0.15, 0.2) is 4.99 Å². The SMILES string of the molecule is CC(N)C(=O)NC(CCCCN)C(=O)NC(CCCN=C(N)N)C(=O)NC(CCC(=O)O)C(=O)O. The summed E-state index contributed by atoms with van der Waals surface area (Å²) >= 11 is 0. The Labute approximate surface area is 203 Å². The summed E-state index contributed by atoms with van der Waals surface area (Å²) in [5, 5.41) is 25.4. The topological polar surface area (TPSA) is 278 Å². The van der Waals surface area contributed by atoms with Crippen molar-refractivity contribution in [3.05, 3.63) is 0 Å². The van der Waals surface area contributed by atoms with Gasteiger partial charge in [0.2, 0.25) is 17.7 Å². The second-order valence-electron chi connectivity index (χ2n) is 7.98. The summed E-state index contributed by atoms with van der Waals surface area (Å²) < 4.78 is 0. The quantitative estimate of drug-likeness (QED) is 0.0514. The molecule has 0 aromatic carbocycles. The van der Waals surface area contributed by atoms with Crippen LogP contribution in [0.2, 0.25) is 0 Å². The number of rotatable bonds is 18. The van der Waals surface area contributed by atoms with E-state index in [-0.39, 0.29) is 38.2 Å². The molecule has 35 heavy (non-hydrogen) atoms. The van der Waals surface area contributed by atoms with Gasteiger partial charge in [-0.2, -0.15) is 0 Å². The van der Waals surface area contributed by atoms with Crippen LogP contribution in [0.25, 0.3) is 0 Å². The van der Waals surface area contributed by atoms with E-state index < -0.39 is 60.2 Å². The molecule has 4 unspecified atom stereocenters. The molecule has 0 bridgehead atoms. The average molecular weight is 503 g/mol. The van der Waals surface area contributed by atoms with Crippen LogP contribution < -0.4 is 38.9 Å². The molecule has 0 saturated carbocycles. The van der Waals surface area contributed by atoms with Crippen molar-refractivity contribution < 1.29 is 34.2 Å². The van der Waals surface area contributed by atoms with Gasteiger partial charge in [-0.3, -0.25) is 24.2 Å². The summed E-state index contributed by atoms with van der Waals surface area (Å²) in [4.78, 5) is 63.9. The van der Waals surface area contributed by atoms with Crippen LogP contribution in [0.5, 0.6) is 0 Å². The Morgan fingerprint density at radius 1 is 0.800 bits per heavy atom. The van der Waals surface area contributed by atoms with E-state index in [2.05, 4.69) is 20.9 Å². The summed E-state index contributed by atoms with van der Waals surface area (Å²) in [6, 6.07) is -4.55. The van der Waals surface area contributed by atoms with Crippen LogP contribution in [0.3, 0.4) is 0 Å². The van der Waals surface area contributed by atoms with Crippen LogP contribution >= 0.6 is 0 Å². The number of amides is 3. The minimum absolute atomic E-state index is 0.0381. The number of carbonyl (C=O) groups excluding carboxylic acids is 3. The van der Waals surface area contributed by atoms with Gasteiger partial charge in [0.05, 0.1) is 6.04 Å². The lowest BCUT2D eigenvalue weighted by atomic mass is 10.0. The van der Waals surface area contributed by atoms with Crippen LogP contribution in [-0.4, -0.2) is 83.1 Å². The zero-order chi connectivity index (χ0) is 27.0. The molecule has 0 rings (SSSR count). The third-order valence-corrected chi connectivity index (χ3v) is 4.83. The van der Waals surface area contributed by atoms with Gasteiger partial charge in [-0.25, -0.2) is 4.79 Å². The molecular formula is C20H38N8O7. The lowest BCUT2D eigenvalue weighted by molar-refractivity contribution is -0.143. The van der Waals surface area contributed by atoms with Crippen molar-refractivity contribution in [2.45, 2.75) is 76.0 Å². The smallest absolute Gasteiger partial charge is 0.326 e. The summed E-state index contributed by atoms with van der Waals surface area (Å²) in [6.45, 7) is 1.98. The molecule has 0 saturated heterocycles. The maximum Gasteiger partial charge on any atom is 0.326 e. The average Bonchev–Trinajstić information content (AvgIpc) is 2.76. The molecule has 15 nitrogen and oxygen atoms in total. The van der Waals surface area contributed by atoms with Crippen LogP contribution in [-0.2, 0) is 24.0 Å². The number of aliphatic carboxylic acids is 2. The third kappa shape index (κ3) is 14.4. The number of carbonyl (C=O) groups is 5. The summed E-state index contributed by atoms with van der Waals surface area (Å²) in [6.07, 6.45) is 0.821. The van der Waals surface area contributed by atoms with Gasteiger partial charge in [-0.1, -0.05) is 0 Å². The number of nitrogens with zero attached hydrogens (tertiary/aromatic N) is 1. The van der Waals surface area contributed by atoms with E-state index in [1.54, 1.807) is 0 Å². The number of nitrogens with one attached hydrogen (secondary N) is 3. The Kier molecular flexibility index (Phi) is 15.4. The number of carboxylic acids is 2. The zero-order valence-electron chi connectivity index (χ0n) is 19.9. The predicted octanol–water partition coefficient (Wildman–Crippen LogP) is -3.08. The molecule has 0 aliphatic heterocycles. The van der Waals surface area contributed by atoms with Crippen LogP contribution in [0.4, 0.5) is 0 Å². The van der Waals surface area contributed by atoms with Crippen molar-refractivity contribution in [1.82, 2.24) is 16.0 Å². The fourth-order valence-electron chi connectivity index (χ4n) is 2.91. The molecule has 0 aromatic rings. The molecule has 0 aliphatic rings. The molecule has 3 amide bonds. The number of carboxylic acid groups (broad SMARTS) is 2. The van der Waals surface area contributed by atoms with Crippen molar-refractivity contribution >= 4 is 35.6 Å². The predicted molar refractivity (Wildman–Crippen MR) is 127 cm³/mol. The molecule has 200 valence electrons. The molecule has 4 atom stereocenters. The first-order chi connectivity index (χ1) is 16.4.